The quantitative estimate of drug-likeness (QED) is 0.769. The van der Waals surface area contributed by atoms with Crippen LogP contribution in [0.2, 0.25) is 0 Å². The molecule has 2 atom stereocenters. The summed E-state index contributed by atoms with van der Waals surface area (Å²) < 4.78 is 11.7. The maximum absolute atomic E-state index is 13.1. The molecule has 0 saturated heterocycles. The molecule has 1 fully saturated rings. The van der Waals surface area contributed by atoms with E-state index >= 15 is 0 Å². The van der Waals surface area contributed by atoms with E-state index in [0.717, 1.165) is 32.1 Å². The second-order valence-electron chi connectivity index (χ2n) is 7.48. The number of hydrogen-bond donors (Lipinski definition) is 1. The molecular weight excluding hydrogens is 328 g/mol. The lowest BCUT2D eigenvalue weighted by Crippen LogP contribution is -2.48. The molecule has 0 unspecified atom stereocenters. The largest absolute Gasteiger partial charge is 0.491 e. The fourth-order valence-electron chi connectivity index (χ4n) is 3.51. The van der Waals surface area contributed by atoms with Gasteiger partial charge in [-0.05, 0) is 57.6 Å². The average Bonchev–Trinajstić information content (AvgIpc) is 2.60. The van der Waals surface area contributed by atoms with Crippen LogP contribution in [0.15, 0.2) is 18.2 Å². The number of carbonyl (C=O) groups is 1. The van der Waals surface area contributed by atoms with E-state index in [-0.39, 0.29) is 12.0 Å². The summed E-state index contributed by atoms with van der Waals surface area (Å²) in [7, 11) is 0. The normalized spacial score (nSPS) is 22.7. The Morgan fingerprint density at radius 3 is 2.85 bits per heavy atom. The molecule has 5 nitrogen and oxygen atoms in total. The zero-order chi connectivity index (χ0) is 19.2. The van der Waals surface area contributed by atoms with Gasteiger partial charge in [-0.15, -0.1) is 0 Å². The molecule has 1 N–H and O–H groups in total. The van der Waals surface area contributed by atoms with Crippen LogP contribution in [0, 0.1) is 17.2 Å². The summed E-state index contributed by atoms with van der Waals surface area (Å²) >= 11 is 0. The number of nitriles is 1. The number of amides is 1. The van der Waals surface area contributed by atoms with Crippen LogP contribution in [0.25, 0.3) is 0 Å². The molecule has 1 aromatic rings. The summed E-state index contributed by atoms with van der Waals surface area (Å²) in [6.07, 6.45) is 4.43. The van der Waals surface area contributed by atoms with Crippen LogP contribution >= 0.6 is 0 Å². The highest BCUT2D eigenvalue weighted by molar-refractivity contribution is 5.98. The van der Waals surface area contributed by atoms with Crippen LogP contribution in [0.5, 0.6) is 5.75 Å². The third-order valence-electron chi connectivity index (χ3n) is 4.68. The van der Waals surface area contributed by atoms with Gasteiger partial charge < -0.3 is 14.8 Å². The summed E-state index contributed by atoms with van der Waals surface area (Å²) in [5, 5.41) is 12.4. The molecule has 0 spiro atoms. The van der Waals surface area contributed by atoms with Crippen molar-refractivity contribution in [2.24, 2.45) is 5.92 Å². The first kappa shape index (κ1) is 20.3. The summed E-state index contributed by atoms with van der Waals surface area (Å²) in [5.74, 6) is 0.924. The Labute approximate surface area is 156 Å². The van der Waals surface area contributed by atoms with Crippen molar-refractivity contribution in [3.8, 4) is 11.8 Å². The Kier molecular flexibility index (Phi) is 7.05. The van der Waals surface area contributed by atoms with Gasteiger partial charge in [-0.25, -0.2) is 0 Å². The topological polar surface area (TPSA) is 71.3 Å². The zero-order valence-corrected chi connectivity index (χ0v) is 16.3. The number of nitrogens with zero attached hydrogens (tertiary/aromatic N) is 1. The lowest BCUT2D eigenvalue weighted by molar-refractivity contribution is -0.148. The highest BCUT2D eigenvalue weighted by Crippen LogP contribution is 2.37. The Morgan fingerprint density at radius 2 is 2.23 bits per heavy atom. The van der Waals surface area contributed by atoms with Gasteiger partial charge in [0.25, 0.3) is 5.91 Å². The van der Waals surface area contributed by atoms with E-state index in [1.165, 1.54) is 0 Å². The molecule has 0 bridgehead atoms. The smallest absolute Gasteiger partial charge is 0.256 e. The van der Waals surface area contributed by atoms with Crippen molar-refractivity contribution in [2.75, 3.05) is 11.9 Å². The summed E-state index contributed by atoms with van der Waals surface area (Å²) in [4.78, 5) is 13.1. The minimum absolute atomic E-state index is 0.0245. The van der Waals surface area contributed by atoms with Crippen molar-refractivity contribution in [3.05, 3.63) is 23.8 Å². The minimum atomic E-state index is -0.798. The average molecular weight is 358 g/mol. The molecule has 0 radical (unpaired) electrons. The first-order chi connectivity index (χ1) is 12.4. The van der Waals surface area contributed by atoms with Gasteiger partial charge in [0.2, 0.25) is 0 Å². The van der Waals surface area contributed by atoms with Gasteiger partial charge in [0.1, 0.15) is 17.4 Å². The maximum Gasteiger partial charge on any atom is 0.256 e. The third kappa shape index (κ3) is 4.98. The molecule has 1 aliphatic rings. The molecule has 0 aromatic heterocycles. The van der Waals surface area contributed by atoms with Gasteiger partial charge in [0.15, 0.2) is 0 Å². The highest BCUT2D eigenvalue weighted by Gasteiger charge is 2.42. The zero-order valence-electron chi connectivity index (χ0n) is 16.3. The standard InChI is InChI=1S/C21H30N2O3/c1-5-11-25-21(10-6-7-16(4)13-21)20(24)23-19-9-8-18(26-15(2)3)12-17(19)14-22/h8-9,12,15-16H,5-7,10-11,13H2,1-4H3,(H,23,24)/t16-,21-/m1/s1. The molecule has 1 saturated carbocycles. The number of benzene rings is 1. The molecule has 26 heavy (non-hydrogen) atoms. The predicted molar refractivity (Wildman–Crippen MR) is 102 cm³/mol. The van der Waals surface area contributed by atoms with Crippen LogP contribution in [0.1, 0.15) is 65.4 Å². The van der Waals surface area contributed by atoms with Crippen molar-refractivity contribution < 1.29 is 14.3 Å². The van der Waals surface area contributed by atoms with Crippen molar-refractivity contribution in [1.29, 1.82) is 5.26 Å². The van der Waals surface area contributed by atoms with Gasteiger partial charge in [-0.1, -0.05) is 20.3 Å². The Bertz CT molecular complexity index is 666. The first-order valence-corrected chi connectivity index (χ1v) is 9.56. The van der Waals surface area contributed by atoms with Crippen LogP contribution in [0.3, 0.4) is 0 Å². The number of rotatable bonds is 7. The molecule has 5 heteroatoms. The molecule has 1 aliphatic carbocycles. The van der Waals surface area contributed by atoms with E-state index in [1.807, 2.05) is 20.8 Å². The Hall–Kier alpha value is -2.06. The molecule has 1 aromatic carbocycles. The van der Waals surface area contributed by atoms with E-state index in [4.69, 9.17) is 9.47 Å². The lowest BCUT2D eigenvalue weighted by Gasteiger charge is -2.38. The SMILES string of the molecule is CCCO[C@]1(C(=O)Nc2ccc(OC(C)C)cc2C#N)CCC[C@@H](C)C1. The van der Waals surface area contributed by atoms with Crippen molar-refractivity contribution in [1.82, 2.24) is 0 Å². The van der Waals surface area contributed by atoms with Gasteiger partial charge in [-0.2, -0.15) is 5.26 Å². The number of ether oxygens (including phenoxy) is 2. The second kappa shape index (κ2) is 9.05. The summed E-state index contributed by atoms with van der Waals surface area (Å²) in [6, 6.07) is 7.32. The monoisotopic (exact) mass is 358 g/mol. The van der Waals surface area contributed by atoms with Gasteiger partial charge >= 0.3 is 0 Å². The van der Waals surface area contributed by atoms with Crippen LogP contribution < -0.4 is 10.1 Å². The van der Waals surface area contributed by atoms with E-state index in [2.05, 4.69) is 18.3 Å². The maximum atomic E-state index is 13.1. The fourth-order valence-corrected chi connectivity index (χ4v) is 3.51. The molecular formula is C21H30N2O3. The number of hydrogen-bond acceptors (Lipinski definition) is 4. The van der Waals surface area contributed by atoms with Gasteiger partial charge in [0, 0.05) is 12.7 Å². The minimum Gasteiger partial charge on any atom is -0.491 e. The van der Waals surface area contributed by atoms with E-state index in [9.17, 15) is 10.1 Å². The van der Waals surface area contributed by atoms with Crippen molar-refractivity contribution in [2.45, 2.75) is 71.5 Å². The van der Waals surface area contributed by atoms with Crippen molar-refractivity contribution >= 4 is 11.6 Å². The van der Waals surface area contributed by atoms with Gasteiger partial charge in [-0.3, -0.25) is 4.79 Å². The summed E-state index contributed by atoms with van der Waals surface area (Å²) in [5.41, 5.74) is 0.102. The van der Waals surface area contributed by atoms with Crippen LogP contribution in [-0.4, -0.2) is 24.2 Å². The van der Waals surface area contributed by atoms with Crippen LogP contribution in [-0.2, 0) is 9.53 Å². The van der Waals surface area contributed by atoms with Crippen molar-refractivity contribution in [3.63, 3.8) is 0 Å². The first-order valence-electron chi connectivity index (χ1n) is 9.56. The van der Waals surface area contributed by atoms with E-state index in [0.29, 0.717) is 29.5 Å². The fraction of sp³-hybridized carbons (Fsp3) is 0.619. The third-order valence-corrected chi connectivity index (χ3v) is 4.68. The Morgan fingerprint density at radius 1 is 1.46 bits per heavy atom. The van der Waals surface area contributed by atoms with Crippen LogP contribution in [0.4, 0.5) is 5.69 Å². The predicted octanol–water partition coefficient (Wildman–Crippen LogP) is 4.66. The Balaban J connectivity index is 2.21. The highest BCUT2D eigenvalue weighted by atomic mass is 16.5. The molecule has 0 aliphatic heterocycles. The number of nitrogens with one attached hydrogen (secondary N) is 1. The summed E-state index contributed by atoms with van der Waals surface area (Å²) in [6.45, 7) is 8.63. The molecule has 1 amide bonds. The lowest BCUT2D eigenvalue weighted by atomic mass is 9.78. The van der Waals surface area contributed by atoms with E-state index < -0.39 is 5.60 Å². The molecule has 2 rings (SSSR count). The van der Waals surface area contributed by atoms with E-state index in [1.54, 1.807) is 18.2 Å². The van der Waals surface area contributed by atoms with Gasteiger partial charge in [0.05, 0.1) is 17.4 Å². The number of anilines is 1. The number of carbonyl (C=O) groups excluding carboxylic acids is 1. The molecule has 0 heterocycles. The molecule has 142 valence electrons. The second-order valence-corrected chi connectivity index (χ2v) is 7.48.